The predicted molar refractivity (Wildman–Crippen MR) is 77.9 cm³/mol. The van der Waals surface area contributed by atoms with Gasteiger partial charge in [-0.3, -0.25) is 0 Å². The van der Waals surface area contributed by atoms with Crippen molar-refractivity contribution in [2.75, 3.05) is 0 Å². The number of pyridine rings is 1. The number of benzene rings is 2. The maximum absolute atomic E-state index is 4.86. The van der Waals surface area contributed by atoms with Gasteiger partial charge in [0.15, 0.2) is 0 Å². The van der Waals surface area contributed by atoms with Crippen molar-refractivity contribution in [3.63, 3.8) is 0 Å². The Morgan fingerprint density at radius 3 is 2.37 bits per heavy atom. The largest absolute Gasteiger partial charge is 0.247 e. The first-order valence-corrected chi connectivity index (χ1v) is 6.55. The molecule has 2 aromatic carbocycles. The Labute approximate surface area is 112 Å². The van der Waals surface area contributed by atoms with Crippen LogP contribution in [0, 0.1) is 0 Å². The molecule has 90 valence electrons. The van der Waals surface area contributed by atoms with E-state index in [9.17, 15) is 0 Å². The van der Waals surface area contributed by atoms with Gasteiger partial charge in [0.2, 0.25) is 0 Å². The predicted octanol–water partition coefficient (Wildman–Crippen LogP) is 4.32. The number of nitrogens with zero attached hydrogens (tertiary/aromatic N) is 1. The molecule has 0 amide bonds. The molecule has 0 saturated heterocycles. The number of hydrogen-bond acceptors (Lipinski definition) is 1. The summed E-state index contributed by atoms with van der Waals surface area (Å²) >= 11 is 0. The van der Waals surface area contributed by atoms with E-state index in [4.69, 9.17) is 4.98 Å². The first-order chi connectivity index (χ1) is 9.42. The van der Waals surface area contributed by atoms with Gasteiger partial charge in [0.25, 0.3) is 0 Å². The molecule has 0 fully saturated rings. The molecule has 0 atom stereocenters. The molecule has 0 aliphatic heterocycles. The van der Waals surface area contributed by atoms with E-state index in [0.29, 0.717) is 0 Å². The summed E-state index contributed by atoms with van der Waals surface area (Å²) < 4.78 is 0. The molecule has 1 heterocycles. The lowest BCUT2D eigenvalue weighted by Gasteiger charge is -2.04. The van der Waals surface area contributed by atoms with Gasteiger partial charge in [0.05, 0.1) is 11.4 Å². The molecule has 0 unspecified atom stereocenters. The van der Waals surface area contributed by atoms with Crippen LogP contribution in [-0.4, -0.2) is 4.98 Å². The van der Waals surface area contributed by atoms with Crippen LogP contribution in [0.15, 0.2) is 66.7 Å². The highest BCUT2D eigenvalue weighted by molar-refractivity contribution is 5.76. The van der Waals surface area contributed by atoms with E-state index >= 15 is 0 Å². The number of aromatic nitrogens is 1. The van der Waals surface area contributed by atoms with Crippen molar-refractivity contribution >= 4 is 0 Å². The topological polar surface area (TPSA) is 12.9 Å². The van der Waals surface area contributed by atoms with E-state index in [1.165, 1.54) is 22.3 Å². The van der Waals surface area contributed by atoms with Crippen molar-refractivity contribution in [2.45, 2.75) is 6.42 Å². The maximum atomic E-state index is 4.86. The van der Waals surface area contributed by atoms with Gasteiger partial charge in [0, 0.05) is 17.5 Å². The Morgan fingerprint density at radius 2 is 1.47 bits per heavy atom. The second-order valence-electron chi connectivity index (χ2n) is 4.90. The van der Waals surface area contributed by atoms with Crippen LogP contribution in [0.3, 0.4) is 0 Å². The summed E-state index contributed by atoms with van der Waals surface area (Å²) in [5.74, 6) is 0. The average molecular weight is 243 g/mol. The molecule has 3 aromatic rings. The first-order valence-electron chi connectivity index (χ1n) is 6.55. The van der Waals surface area contributed by atoms with Crippen molar-refractivity contribution in [1.82, 2.24) is 4.98 Å². The monoisotopic (exact) mass is 243 g/mol. The minimum atomic E-state index is 1.01. The Kier molecular flexibility index (Phi) is 2.25. The third kappa shape index (κ3) is 1.66. The van der Waals surface area contributed by atoms with Crippen molar-refractivity contribution in [3.05, 3.63) is 77.9 Å². The number of rotatable bonds is 1. The van der Waals surface area contributed by atoms with Crippen LogP contribution < -0.4 is 0 Å². The average Bonchev–Trinajstić information content (AvgIpc) is 2.86. The van der Waals surface area contributed by atoms with Crippen molar-refractivity contribution in [1.29, 1.82) is 0 Å². The van der Waals surface area contributed by atoms with Gasteiger partial charge >= 0.3 is 0 Å². The van der Waals surface area contributed by atoms with Gasteiger partial charge in [0.1, 0.15) is 0 Å². The fourth-order valence-corrected chi connectivity index (χ4v) is 2.74. The fourth-order valence-electron chi connectivity index (χ4n) is 2.74. The van der Waals surface area contributed by atoms with Crippen LogP contribution in [0.25, 0.3) is 22.5 Å². The third-order valence-electron chi connectivity index (χ3n) is 3.70. The summed E-state index contributed by atoms with van der Waals surface area (Å²) in [4.78, 5) is 4.86. The zero-order valence-electron chi connectivity index (χ0n) is 10.5. The zero-order chi connectivity index (χ0) is 12.7. The second kappa shape index (κ2) is 4.06. The molecule has 0 saturated carbocycles. The Morgan fingerprint density at radius 1 is 0.684 bits per heavy atom. The van der Waals surface area contributed by atoms with Gasteiger partial charge in [-0.1, -0.05) is 60.7 Å². The number of hydrogen-bond donors (Lipinski definition) is 0. The van der Waals surface area contributed by atoms with E-state index in [0.717, 1.165) is 17.8 Å². The molecule has 0 N–H and O–H groups in total. The molecule has 0 bridgehead atoms. The molecule has 1 heteroatoms. The molecule has 1 aromatic heterocycles. The Hall–Kier alpha value is -2.41. The zero-order valence-corrected chi connectivity index (χ0v) is 10.5. The summed E-state index contributed by atoms with van der Waals surface area (Å²) in [6.07, 6.45) is 1.01. The molecule has 19 heavy (non-hydrogen) atoms. The first kappa shape index (κ1) is 10.5. The highest BCUT2D eigenvalue weighted by Crippen LogP contribution is 2.36. The Balaban J connectivity index is 1.89. The molecular formula is C18H13N. The van der Waals surface area contributed by atoms with Crippen LogP contribution in [-0.2, 0) is 6.42 Å². The lowest BCUT2D eigenvalue weighted by molar-refractivity contribution is 1.23. The third-order valence-corrected chi connectivity index (χ3v) is 3.70. The summed E-state index contributed by atoms with van der Waals surface area (Å²) in [7, 11) is 0. The molecule has 1 aliphatic carbocycles. The van der Waals surface area contributed by atoms with Gasteiger partial charge in [-0.2, -0.15) is 0 Å². The normalized spacial score (nSPS) is 12.0. The van der Waals surface area contributed by atoms with Gasteiger partial charge < -0.3 is 0 Å². The van der Waals surface area contributed by atoms with Crippen LogP contribution in [0.4, 0.5) is 0 Å². The molecular weight excluding hydrogens is 230 g/mol. The molecule has 4 rings (SSSR count). The minimum Gasteiger partial charge on any atom is -0.247 e. The summed E-state index contributed by atoms with van der Waals surface area (Å²) in [6, 6.07) is 23.2. The summed E-state index contributed by atoms with van der Waals surface area (Å²) in [6.45, 7) is 0. The van der Waals surface area contributed by atoms with Gasteiger partial charge in [-0.15, -0.1) is 0 Å². The van der Waals surface area contributed by atoms with Crippen molar-refractivity contribution in [2.24, 2.45) is 0 Å². The molecule has 0 radical (unpaired) electrons. The van der Waals surface area contributed by atoms with Crippen LogP contribution in [0.1, 0.15) is 11.1 Å². The summed E-state index contributed by atoms with van der Waals surface area (Å²) in [5.41, 5.74) is 7.38. The smallest absolute Gasteiger partial charge is 0.0747 e. The SMILES string of the molecule is c1ccc(-c2ccc3c(n2)-c2ccccc2C3)cc1. The second-order valence-corrected chi connectivity index (χ2v) is 4.90. The van der Waals surface area contributed by atoms with Crippen LogP contribution in [0.2, 0.25) is 0 Å². The van der Waals surface area contributed by atoms with E-state index < -0.39 is 0 Å². The van der Waals surface area contributed by atoms with E-state index in [1.54, 1.807) is 0 Å². The van der Waals surface area contributed by atoms with Crippen molar-refractivity contribution < 1.29 is 0 Å². The number of fused-ring (bicyclic) bond motifs is 3. The fraction of sp³-hybridized carbons (Fsp3) is 0.0556. The maximum Gasteiger partial charge on any atom is 0.0747 e. The van der Waals surface area contributed by atoms with E-state index in [1.807, 2.05) is 6.07 Å². The molecule has 1 aliphatic rings. The molecule has 1 nitrogen and oxygen atoms in total. The van der Waals surface area contributed by atoms with Crippen molar-refractivity contribution in [3.8, 4) is 22.5 Å². The highest BCUT2D eigenvalue weighted by Gasteiger charge is 2.19. The minimum absolute atomic E-state index is 1.01. The van der Waals surface area contributed by atoms with E-state index in [-0.39, 0.29) is 0 Å². The van der Waals surface area contributed by atoms with Gasteiger partial charge in [-0.25, -0.2) is 4.98 Å². The lowest BCUT2D eigenvalue weighted by Crippen LogP contribution is -1.88. The Bertz CT molecular complexity index is 745. The van der Waals surface area contributed by atoms with Gasteiger partial charge in [-0.05, 0) is 17.2 Å². The van der Waals surface area contributed by atoms with Crippen LogP contribution >= 0.6 is 0 Å². The highest BCUT2D eigenvalue weighted by atomic mass is 14.7. The standard InChI is InChI=1S/C18H13N/c1-2-6-13(7-3-1)17-11-10-15-12-14-8-4-5-9-16(14)18(15)19-17/h1-11H,12H2. The lowest BCUT2D eigenvalue weighted by atomic mass is 10.1. The van der Waals surface area contributed by atoms with E-state index in [2.05, 4.69) is 60.7 Å². The molecule has 0 spiro atoms. The summed E-state index contributed by atoms with van der Waals surface area (Å²) in [5, 5.41) is 0. The quantitative estimate of drug-likeness (QED) is 0.485. The van der Waals surface area contributed by atoms with Crippen LogP contribution in [0.5, 0.6) is 0 Å².